The Hall–Kier alpha value is -2.21. The molecule has 2 aromatic rings. The fourth-order valence-electron chi connectivity index (χ4n) is 3.79. The summed E-state index contributed by atoms with van der Waals surface area (Å²) in [6.07, 6.45) is 4.79. The lowest BCUT2D eigenvalue weighted by Crippen LogP contribution is -2.39. The molecule has 2 aliphatic heterocycles. The van der Waals surface area contributed by atoms with Crippen molar-refractivity contribution in [2.24, 2.45) is 0 Å². The van der Waals surface area contributed by atoms with Gasteiger partial charge in [-0.3, -0.25) is 14.6 Å². The average molecular weight is 341 g/mol. The highest BCUT2D eigenvalue weighted by atomic mass is 32.1. The van der Waals surface area contributed by atoms with E-state index in [1.807, 2.05) is 40.3 Å². The zero-order chi connectivity index (χ0) is 16.7. The number of thiophene rings is 1. The van der Waals surface area contributed by atoms with E-state index < -0.39 is 0 Å². The van der Waals surface area contributed by atoms with Crippen LogP contribution in [0.1, 0.15) is 33.6 Å². The zero-order valence-electron chi connectivity index (χ0n) is 13.5. The van der Waals surface area contributed by atoms with Crippen LogP contribution in [0, 0.1) is 6.92 Å². The lowest BCUT2D eigenvalue weighted by molar-refractivity contribution is -0.129. The number of pyridine rings is 1. The molecule has 0 bridgehead atoms. The Labute approximate surface area is 144 Å². The molecule has 0 radical (unpaired) electrons. The largest absolute Gasteiger partial charge is 0.333 e. The number of amides is 2. The first-order valence-corrected chi connectivity index (χ1v) is 9.06. The van der Waals surface area contributed by atoms with Gasteiger partial charge >= 0.3 is 0 Å². The van der Waals surface area contributed by atoms with E-state index in [4.69, 9.17) is 0 Å². The van der Waals surface area contributed by atoms with Crippen molar-refractivity contribution in [3.63, 3.8) is 0 Å². The predicted molar refractivity (Wildman–Crippen MR) is 91.7 cm³/mol. The second-order valence-electron chi connectivity index (χ2n) is 6.44. The van der Waals surface area contributed by atoms with E-state index in [2.05, 4.69) is 4.98 Å². The van der Waals surface area contributed by atoms with Gasteiger partial charge in [-0.25, -0.2) is 0 Å². The van der Waals surface area contributed by atoms with E-state index in [0.29, 0.717) is 13.0 Å². The third kappa shape index (κ3) is 2.51. The first kappa shape index (κ1) is 15.3. The Morgan fingerprint density at radius 3 is 2.79 bits per heavy atom. The third-order valence-electron chi connectivity index (χ3n) is 5.03. The number of carbonyl (C=O) groups is 2. The van der Waals surface area contributed by atoms with Crippen molar-refractivity contribution in [3.05, 3.63) is 52.0 Å². The van der Waals surface area contributed by atoms with Crippen LogP contribution in [0.25, 0.3) is 0 Å². The maximum absolute atomic E-state index is 12.8. The number of hydrogen-bond acceptors (Lipinski definition) is 4. The highest BCUT2D eigenvalue weighted by Gasteiger charge is 2.48. The van der Waals surface area contributed by atoms with Gasteiger partial charge in [0.25, 0.3) is 5.91 Å². The summed E-state index contributed by atoms with van der Waals surface area (Å²) in [4.78, 5) is 34.0. The molecule has 5 nitrogen and oxygen atoms in total. The number of carbonyl (C=O) groups excluding carboxylic acids is 2. The monoisotopic (exact) mass is 341 g/mol. The number of hydrogen-bond donors (Lipinski definition) is 0. The Bertz CT molecular complexity index is 774. The van der Waals surface area contributed by atoms with Gasteiger partial charge < -0.3 is 9.80 Å². The topological polar surface area (TPSA) is 53.5 Å². The molecular weight excluding hydrogens is 322 g/mol. The Kier molecular flexibility index (Phi) is 3.84. The van der Waals surface area contributed by atoms with Crippen LogP contribution in [0.5, 0.6) is 0 Å². The minimum Gasteiger partial charge on any atom is -0.333 e. The van der Waals surface area contributed by atoms with Gasteiger partial charge in [-0.1, -0.05) is 0 Å². The van der Waals surface area contributed by atoms with E-state index in [1.165, 1.54) is 11.3 Å². The summed E-state index contributed by atoms with van der Waals surface area (Å²) in [5, 5.41) is 1.95. The molecule has 0 saturated carbocycles. The lowest BCUT2D eigenvalue weighted by atomic mass is 10.1. The van der Waals surface area contributed by atoms with Gasteiger partial charge in [0.05, 0.1) is 17.0 Å². The Morgan fingerprint density at radius 2 is 2.08 bits per heavy atom. The van der Waals surface area contributed by atoms with Crippen LogP contribution in [0.15, 0.2) is 36.0 Å². The molecule has 0 spiro atoms. The van der Waals surface area contributed by atoms with Crippen molar-refractivity contribution in [3.8, 4) is 0 Å². The molecule has 0 aliphatic carbocycles. The second-order valence-corrected chi connectivity index (χ2v) is 7.35. The van der Waals surface area contributed by atoms with Crippen LogP contribution in [-0.4, -0.2) is 45.2 Å². The molecule has 124 valence electrons. The van der Waals surface area contributed by atoms with Crippen LogP contribution in [0.4, 0.5) is 0 Å². The fourth-order valence-corrected chi connectivity index (χ4v) is 4.67. The third-order valence-corrected chi connectivity index (χ3v) is 6.04. The molecule has 2 atom stereocenters. The van der Waals surface area contributed by atoms with Gasteiger partial charge in [0, 0.05) is 31.9 Å². The Morgan fingerprint density at radius 1 is 1.29 bits per heavy atom. The molecule has 2 amide bonds. The van der Waals surface area contributed by atoms with Crippen molar-refractivity contribution < 1.29 is 9.59 Å². The predicted octanol–water partition coefficient (Wildman–Crippen LogP) is 2.47. The first-order chi connectivity index (χ1) is 11.6. The van der Waals surface area contributed by atoms with Crippen molar-refractivity contribution >= 4 is 23.2 Å². The van der Waals surface area contributed by atoms with Crippen LogP contribution in [-0.2, 0) is 11.3 Å². The van der Waals surface area contributed by atoms with Crippen LogP contribution >= 0.6 is 11.3 Å². The molecule has 2 aliphatic rings. The molecule has 0 aromatic carbocycles. The number of nitrogens with zero attached hydrogens (tertiary/aromatic N) is 3. The summed E-state index contributed by atoms with van der Waals surface area (Å²) >= 11 is 1.49. The quantitative estimate of drug-likeness (QED) is 0.862. The van der Waals surface area contributed by atoms with Gasteiger partial charge in [-0.15, -0.1) is 11.3 Å². The average Bonchev–Trinajstić information content (AvgIpc) is 3.26. The van der Waals surface area contributed by atoms with Gasteiger partial charge in [-0.05, 0) is 48.1 Å². The number of rotatable bonds is 3. The van der Waals surface area contributed by atoms with Crippen molar-refractivity contribution in [2.75, 3.05) is 6.54 Å². The minimum atomic E-state index is 0.00772. The molecular formula is C18H19N3O2S. The molecule has 4 heterocycles. The minimum absolute atomic E-state index is 0.00772. The standard InChI is InChI=1S/C18H19N3O2S/c1-12-5-9-24-17(12)18(23)20-8-4-14-15(20)10-16(22)21(14)11-13-2-6-19-7-3-13/h2-3,5-7,9,14-15H,4,8,10-11H2,1H3/t14-,15+/m1/s1. The smallest absolute Gasteiger partial charge is 0.264 e. The van der Waals surface area contributed by atoms with Crippen molar-refractivity contribution in [1.29, 1.82) is 0 Å². The first-order valence-electron chi connectivity index (χ1n) is 8.18. The van der Waals surface area contributed by atoms with E-state index in [9.17, 15) is 9.59 Å². The SMILES string of the molecule is Cc1ccsc1C(=O)N1CC[C@@H]2[C@@H]1CC(=O)N2Cc1ccncc1. The van der Waals surface area contributed by atoms with Crippen molar-refractivity contribution in [1.82, 2.24) is 14.8 Å². The normalized spacial score (nSPS) is 23.0. The van der Waals surface area contributed by atoms with Crippen LogP contribution in [0.3, 0.4) is 0 Å². The van der Waals surface area contributed by atoms with E-state index >= 15 is 0 Å². The molecule has 2 saturated heterocycles. The molecule has 6 heteroatoms. The molecule has 0 N–H and O–H groups in total. The maximum atomic E-state index is 12.8. The van der Waals surface area contributed by atoms with E-state index in [1.54, 1.807) is 12.4 Å². The number of aryl methyl sites for hydroxylation is 1. The summed E-state index contributed by atoms with van der Waals surface area (Å²) < 4.78 is 0. The van der Waals surface area contributed by atoms with Gasteiger partial charge in [-0.2, -0.15) is 0 Å². The molecule has 24 heavy (non-hydrogen) atoms. The zero-order valence-corrected chi connectivity index (χ0v) is 14.3. The van der Waals surface area contributed by atoms with E-state index in [-0.39, 0.29) is 23.9 Å². The Balaban J connectivity index is 1.53. The lowest BCUT2D eigenvalue weighted by Gasteiger charge is -2.25. The summed E-state index contributed by atoms with van der Waals surface area (Å²) in [6, 6.07) is 5.99. The maximum Gasteiger partial charge on any atom is 0.264 e. The fraction of sp³-hybridized carbons (Fsp3) is 0.389. The van der Waals surface area contributed by atoms with Gasteiger partial charge in [0.15, 0.2) is 0 Å². The van der Waals surface area contributed by atoms with Gasteiger partial charge in [0.2, 0.25) is 5.91 Å². The summed E-state index contributed by atoms with van der Waals surface area (Å²) in [6.45, 7) is 3.29. The highest BCUT2D eigenvalue weighted by Crippen LogP contribution is 2.35. The highest BCUT2D eigenvalue weighted by molar-refractivity contribution is 7.12. The second kappa shape index (κ2) is 6.02. The van der Waals surface area contributed by atoms with Crippen molar-refractivity contribution in [2.45, 2.75) is 38.4 Å². The molecule has 2 fully saturated rings. The summed E-state index contributed by atoms with van der Waals surface area (Å²) in [5.41, 5.74) is 2.10. The van der Waals surface area contributed by atoms with Gasteiger partial charge in [0.1, 0.15) is 0 Å². The number of aromatic nitrogens is 1. The van der Waals surface area contributed by atoms with Crippen LogP contribution in [0.2, 0.25) is 0 Å². The van der Waals surface area contributed by atoms with Crippen LogP contribution < -0.4 is 0 Å². The van der Waals surface area contributed by atoms with E-state index in [0.717, 1.165) is 29.0 Å². The number of likely N-dealkylation sites (tertiary alicyclic amines) is 2. The molecule has 0 unspecified atom stereocenters. The summed E-state index contributed by atoms with van der Waals surface area (Å²) in [5.74, 6) is 0.218. The number of fused-ring (bicyclic) bond motifs is 1. The summed E-state index contributed by atoms with van der Waals surface area (Å²) in [7, 11) is 0. The molecule has 2 aromatic heterocycles. The molecule has 4 rings (SSSR count).